The average Bonchev–Trinajstić information content (AvgIpc) is 2.71. The summed E-state index contributed by atoms with van der Waals surface area (Å²) in [5.41, 5.74) is 0.519. The van der Waals surface area contributed by atoms with Crippen LogP contribution in [0.15, 0.2) is 46.0 Å². The van der Waals surface area contributed by atoms with Gasteiger partial charge in [-0.05, 0) is 29.6 Å². The fourth-order valence-electron chi connectivity index (χ4n) is 1.08. The summed E-state index contributed by atoms with van der Waals surface area (Å²) in [6.07, 6.45) is 0. The number of nitrogens with one attached hydrogen (secondary N) is 1. The maximum absolute atomic E-state index is 11.7. The van der Waals surface area contributed by atoms with Crippen LogP contribution in [0, 0.1) is 6.07 Å². The molecule has 1 heterocycles. The van der Waals surface area contributed by atoms with Crippen molar-refractivity contribution in [2.75, 3.05) is 4.72 Å². The lowest BCUT2D eigenvalue weighted by Crippen LogP contribution is -2.11. The molecule has 0 amide bonds. The van der Waals surface area contributed by atoms with Crippen molar-refractivity contribution in [3.63, 3.8) is 0 Å². The SMILES string of the molecule is O=S(=O)(Nc1c[c]ccc1)c1cccs1. The molecule has 0 atom stereocenters. The first-order valence-electron chi connectivity index (χ1n) is 4.21. The lowest BCUT2D eigenvalue weighted by Gasteiger charge is -2.04. The molecule has 2 aromatic rings. The Labute approximate surface area is 92.4 Å². The molecule has 0 aliphatic rings. The van der Waals surface area contributed by atoms with Crippen LogP contribution in [0.2, 0.25) is 0 Å². The van der Waals surface area contributed by atoms with E-state index in [1.165, 1.54) is 11.3 Å². The van der Waals surface area contributed by atoms with E-state index in [9.17, 15) is 8.42 Å². The first-order valence-corrected chi connectivity index (χ1v) is 6.57. The van der Waals surface area contributed by atoms with E-state index in [4.69, 9.17) is 0 Å². The van der Waals surface area contributed by atoms with Gasteiger partial charge in [0.15, 0.2) is 0 Å². The summed E-state index contributed by atoms with van der Waals surface area (Å²) in [7, 11) is -3.42. The van der Waals surface area contributed by atoms with Gasteiger partial charge in [0.1, 0.15) is 4.21 Å². The van der Waals surface area contributed by atoms with Crippen LogP contribution in [0.3, 0.4) is 0 Å². The Kier molecular flexibility index (Phi) is 2.75. The Hall–Kier alpha value is -1.33. The smallest absolute Gasteiger partial charge is 0.271 e. The molecule has 0 bridgehead atoms. The van der Waals surface area contributed by atoms with Gasteiger partial charge in [-0.15, -0.1) is 11.3 Å². The molecule has 0 spiro atoms. The predicted molar refractivity (Wildman–Crippen MR) is 60.4 cm³/mol. The maximum atomic E-state index is 11.7. The van der Waals surface area contributed by atoms with Crippen molar-refractivity contribution in [2.45, 2.75) is 4.21 Å². The van der Waals surface area contributed by atoms with E-state index < -0.39 is 10.0 Å². The van der Waals surface area contributed by atoms with Crippen LogP contribution < -0.4 is 4.72 Å². The third kappa shape index (κ3) is 2.37. The number of sulfonamides is 1. The molecule has 1 aromatic carbocycles. The Morgan fingerprint density at radius 1 is 1.27 bits per heavy atom. The van der Waals surface area contributed by atoms with E-state index in [0.717, 1.165) is 0 Å². The van der Waals surface area contributed by atoms with Gasteiger partial charge in [0.05, 0.1) is 0 Å². The number of anilines is 1. The summed E-state index contributed by atoms with van der Waals surface area (Å²) in [5, 5.41) is 1.73. The number of hydrogen-bond donors (Lipinski definition) is 1. The molecule has 77 valence electrons. The standard InChI is InChI=1S/C10H8NO2S2/c12-15(13,10-7-4-8-14-10)11-9-5-2-1-3-6-9/h1-2,4-8,11H. The van der Waals surface area contributed by atoms with Crippen molar-refractivity contribution in [3.05, 3.63) is 47.8 Å². The van der Waals surface area contributed by atoms with Gasteiger partial charge in [0.25, 0.3) is 10.0 Å². The Balaban J connectivity index is 2.27. The van der Waals surface area contributed by atoms with Crippen LogP contribution in [-0.4, -0.2) is 8.42 Å². The molecule has 3 nitrogen and oxygen atoms in total. The van der Waals surface area contributed by atoms with Gasteiger partial charge >= 0.3 is 0 Å². The Morgan fingerprint density at radius 3 is 2.73 bits per heavy atom. The van der Waals surface area contributed by atoms with Gasteiger partial charge in [-0.1, -0.05) is 18.2 Å². The van der Waals surface area contributed by atoms with E-state index in [1.807, 2.05) is 0 Å². The average molecular weight is 238 g/mol. The molecule has 1 aromatic heterocycles. The number of thiophene rings is 1. The van der Waals surface area contributed by atoms with Crippen molar-refractivity contribution >= 4 is 27.0 Å². The van der Waals surface area contributed by atoms with E-state index in [0.29, 0.717) is 9.90 Å². The molecule has 5 heteroatoms. The molecule has 1 radical (unpaired) electrons. The first-order chi connectivity index (χ1) is 7.18. The second-order valence-corrected chi connectivity index (χ2v) is 5.69. The van der Waals surface area contributed by atoms with Crippen LogP contribution >= 0.6 is 11.3 Å². The van der Waals surface area contributed by atoms with Crippen molar-refractivity contribution < 1.29 is 8.42 Å². The van der Waals surface area contributed by atoms with E-state index in [2.05, 4.69) is 10.8 Å². The molecule has 0 saturated carbocycles. The third-order valence-corrected chi connectivity index (χ3v) is 4.50. The van der Waals surface area contributed by atoms with Crippen molar-refractivity contribution in [2.24, 2.45) is 0 Å². The Morgan fingerprint density at radius 2 is 2.13 bits per heavy atom. The zero-order valence-electron chi connectivity index (χ0n) is 7.67. The molecule has 0 aliphatic heterocycles. The van der Waals surface area contributed by atoms with Crippen LogP contribution in [0.5, 0.6) is 0 Å². The van der Waals surface area contributed by atoms with Crippen molar-refractivity contribution in [3.8, 4) is 0 Å². The zero-order chi connectivity index (χ0) is 10.7. The monoisotopic (exact) mass is 238 g/mol. The van der Waals surface area contributed by atoms with Gasteiger partial charge in [-0.2, -0.15) is 0 Å². The van der Waals surface area contributed by atoms with Gasteiger partial charge in [0, 0.05) is 5.69 Å². The molecule has 0 unspecified atom stereocenters. The fraction of sp³-hybridized carbons (Fsp3) is 0. The first kappa shape index (κ1) is 10.2. The highest BCUT2D eigenvalue weighted by molar-refractivity contribution is 7.94. The van der Waals surface area contributed by atoms with Gasteiger partial charge < -0.3 is 0 Å². The molecular formula is C10H8NO2S2. The number of benzene rings is 1. The summed E-state index contributed by atoms with van der Waals surface area (Å²) in [6.45, 7) is 0. The molecule has 0 aliphatic carbocycles. The minimum Gasteiger partial charge on any atom is -0.279 e. The minimum absolute atomic E-state index is 0.311. The number of hydrogen-bond acceptors (Lipinski definition) is 3. The van der Waals surface area contributed by atoms with Gasteiger partial charge in [-0.3, -0.25) is 4.72 Å². The second-order valence-electron chi connectivity index (χ2n) is 2.83. The minimum atomic E-state index is -3.42. The summed E-state index contributed by atoms with van der Waals surface area (Å²) in [6, 6.07) is 12.8. The second kappa shape index (κ2) is 4.04. The summed E-state index contributed by atoms with van der Waals surface area (Å²) in [4.78, 5) is 0. The van der Waals surface area contributed by atoms with Crippen LogP contribution in [0.4, 0.5) is 5.69 Å². The number of rotatable bonds is 3. The normalized spacial score (nSPS) is 11.2. The molecule has 15 heavy (non-hydrogen) atoms. The van der Waals surface area contributed by atoms with Crippen LogP contribution in [0.1, 0.15) is 0 Å². The predicted octanol–water partition coefficient (Wildman–Crippen LogP) is 2.35. The molecule has 1 N–H and O–H groups in total. The van der Waals surface area contributed by atoms with Gasteiger partial charge in [0.2, 0.25) is 0 Å². The zero-order valence-corrected chi connectivity index (χ0v) is 9.31. The van der Waals surface area contributed by atoms with E-state index >= 15 is 0 Å². The summed E-state index contributed by atoms with van der Waals surface area (Å²) >= 11 is 1.19. The van der Waals surface area contributed by atoms with Crippen LogP contribution in [0.25, 0.3) is 0 Å². The summed E-state index contributed by atoms with van der Waals surface area (Å²) < 4.78 is 26.3. The van der Waals surface area contributed by atoms with Crippen LogP contribution in [-0.2, 0) is 10.0 Å². The fourth-order valence-corrected chi connectivity index (χ4v) is 3.12. The highest BCUT2D eigenvalue weighted by Gasteiger charge is 2.14. The highest BCUT2D eigenvalue weighted by atomic mass is 32.2. The van der Waals surface area contributed by atoms with Crippen molar-refractivity contribution in [1.82, 2.24) is 0 Å². The maximum Gasteiger partial charge on any atom is 0.271 e. The van der Waals surface area contributed by atoms with Crippen molar-refractivity contribution in [1.29, 1.82) is 0 Å². The molecule has 0 fully saturated rings. The topological polar surface area (TPSA) is 46.2 Å². The lowest BCUT2D eigenvalue weighted by atomic mass is 10.3. The lowest BCUT2D eigenvalue weighted by molar-refractivity contribution is 0.603. The molecular weight excluding hydrogens is 230 g/mol. The van der Waals surface area contributed by atoms with E-state index in [-0.39, 0.29) is 0 Å². The molecule has 2 rings (SSSR count). The molecule has 0 saturated heterocycles. The highest BCUT2D eigenvalue weighted by Crippen LogP contribution is 2.19. The quantitative estimate of drug-likeness (QED) is 0.892. The van der Waals surface area contributed by atoms with E-state index in [1.54, 1.807) is 41.8 Å². The Bertz CT molecular complexity index is 518. The largest absolute Gasteiger partial charge is 0.279 e. The van der Waals surface area contributed by atoms with Gasteiger partial charge in [-0.25, -0.2) is 8.42 Å². The summed E-state index contributed by atoms with van der Waals surface area (Å²) in [5.74, 6) is 0. The third-order valence-electron chi connectivity index (χ3n) is 1.72.